The Kier molecular flexibility index (Phi) is 4.24. The maximum absolute atomic E-state index is 13.8. The summed E-state index contributed by atoms with van der Waals surface area (Å²) in [5, 5.41) is 11.7. The van der Waals surface area contributed by atoms with Crippen molar-refractivity contribution < 1.29 is 28.2 Å². The zero-order valence-corrected chi connectivity index (χ0v) is 13.0. The van der Waals surface area contributed by atoms with Gasteiger partial charge in [0.25, 0.3) is 5.91 Å². The van der Waals surface area contributed by atoms with Crippen LogP contribution in [-0.2, 0) is 11.2 Å². The lowest BCUT2D eigenvalue weighted by atomic mass is 9.99. The first kappa shape index (κ1) is 16.0. The van der Waals surface area contributed by atoms with Crippen LogP contribution in [0.15, 0.2) is 28.9 Å². The number of carboxylic acid groups (broad SMARTS) is 1. The topological polar surface area (TPSA) is 88.8 Å². The third-order valence-corrected chi connectivity index (χ3v) is 3.92. The summed E-state index contributed by atoms with van der Waals surface area (Å²) in [6.45, 7) is 1.95. The molecule has 0 spiro atoms. The van der Waals surface area contributed by atoms with E-state index in [-0.39, 0.29) is 30.1 Å². The molecule has 1 aliphatic heterocycles. The molecule has 1 atom stereocenters. The van der Waals surface area contributed by atoms with E-state index in [2.05, 4.69) is 5.32 Å². The van der Waals surface area contributed by atoms with Crippen LogP contribution in [0.3, 0.4) is 0 Å². The summed E-state index contributed by atoms with van der Waals surface area (Å²) in [4.78, 5) is 23.5. The predicted octanol–water partition coefficient (Wildman–Crippen LogP) is 2.61. The van der Waals surface area contributed by atoms with Gasteiger partial charge in [0.1, 0.15) is 12.2 Å². The third-order valence-electron chi connectivity index (χ3n) is 3.92. The maximum atomic E-state index is 13.8. The maximum Gasteiger partial charge on any atom is 0.311 e. The lowest BCUT2D eigenvalue weighted by Gasteiger charge is -2.27. The molecule has 3 rings (SSSR count). The lowest BCUT2D eigenvalue weighted by Crippen LogP contribution is -2.33. The van der Waals surface area contributed by atoms with Crippen LogP contribution in [0.5, 0.6) is 5.75 Å². The minimum atomic E-state index is -1.09. The SMILES string of the molecule is Cc1coc(CC(=O)O)c1C(=O)N[C@@H]1CCOc2c(F)cccc21. The van der Waals surface area contributed by atoms with Crippen molar-refractivity contribution in [2.24, 2.45) is 0 Å². The number of benzene rings is 1. The van der Waals surface area contributed by atoms with E-state index in [0.29, 0.717) is 17.5 Å². The average Bonchev–Trinajstić information content (AvgIpc) is 2.88. The first-order valence-electron chi connectivity index (χ1n) is 7.48. The van der Waals surface area contributed by atoms with Gasteiger partial charge in [-0.1, -0.05) is 12.1 Å². The first-order chi connectivity index (χ1) is 11.5. The van der Waals surface area contributed by atoms with Gasteiger partial charge in [0.15, 0.2) is 11.6 Å². The summed E-state index contributed by atoms with van der Waals surface area (Å²) >= 11 is 0. The molecule has 7 heteroatoms. The lowest BCUT2D eigenvalue weighted by molar-refractivity contribution is -0.136. The number of fused-ring (bicyclic) bond motifs is 1. The molecule has 0 saturated heterocycles. The van der Waals surface area contributed by atoms with Gasteiger partial charge in [-0.3, -0.25) is 9.59 Å². The van der Waals surface area contributed by atoms with Gasteiger partial charge >= 0.3 is 5.97 Å². The molecule has 2 N–H and O–H groups in total. The number of para-hydroxylation sites is 1. The minimum absolute atomic E-state index is 0.101. The molecule has 1 amide bonds. The summed E-state index contributed by atoms with van der Waals surface area (Å²) in [6.07, 6.45) is 1.47. The number of carbonyl (C=O) groups is 2. The van der Waals surface area contributed by atoms with E-state index in [1.54, 1.807) is 19.1 Å². The molecule has 0 bridgehead atoms. The zero-order valence-electron chi connectivity index (χ0n) is 13.0. The van der Waals surface area contributed by atoms with Gasteiger partial charge in [-0.05, 0) is 13.0 Å². The molecular weight excluding hydrogens is 317 g/mol. The van der Waals surface area contributed by atoms with Crippen molar-refractivity contribution in [1.82, 2.24) is 5.32 Å². The van der Waals surface area contributed by atoms with Crippen LogP contribution in [0, 0.1) is 12.7 Å². The quantitative estimate of drug-likeness (QED) is 0.898. The summed E-state index contributed by atoms with van der Waals surface area (Å²) in [5.41, 5.74) is 1.33. The smallest absolute Gasteiger partial charge is 0.311 e. The van der Waals surface area contributed by atoms with Crippen molar-refractivity contribution in [2.45, 2.75) is 25.8 Å². The van der Waals surface area contributed by atoms with Gasteiger partial charge in [0.05, 0.1) is 24.5 Å². The second-order valence-corrected chi connectivity index (χ2v) is 5.61. The molecule has 126 valence electrons. The van der Waals surface area contributed by atoms with E-state index in [4.69, 9.17) is 14.3 Å². The van der Waals surface area contributed by atoms with Gasteiger partial charge < -0.3 is 19.6 Å². The highest BCUT2D eigenvalue weighted by molar-refractivity contribution is 5.97. The average molecular weight is 333 g/mol. The van der Waals surface area contributed by atoms with Gasteiger partial charge in [0, 0.05) is 17.5 Å². The number of aryl methyl sites for hydroxylation is 1. The van der Waals surface area contributed by atoms with Crippen LogP contribution in [0.4, 0.5) is 4.39 Å². The highest BCUT2D eigenvalue weighted by Gasteiger charge is 2.28. The van der Waals surface area contributed by atoms with Crippen molar-refractivity contribution in [3.05, 3.63) is 52.7 Å². The Labute approximate surface area is 137 Å². The molecule has 2 aromatic rings. The van der Waals surface area contributed by atoms with Gasteiger partial charge in [-0.25, -0.2) is 4.39 Å². The molecule has 2 heterocycles. The number of carbonyl (C=O) groups excluding carboxylic acids is 1. The monoisotopic (exact) mass is 333 g/mol. The number of hydrogen-bond donors (Lipinski definition) is 2. The van der Waals surface area contributed by atoms with Crippen molar-refractivity contribution in [3.63, 3.8) is 0 Å². The van der Waals surface area contributed by atoms with E-state index < -0.39 is 23.7 Å². The molecule has 0 unspecified atom stereocenters. The molecule has 1 aromatic carbocycles. The molecule has 0 radical (unpaired) electrons. The number of ether oxygens (including phenoxy) is 1. The molecule has 0 aliphatic carbocycles. The van der Waals surface area contributed by atoms with Crippen molar-refractivity contribution in [2.75, 3.05) is 6.61 Å². The fourth-order valence-electron chi connectivity index (χ4n) is 2.84. The minimum Gasteiger partial charge on any atom is -0.490 e. The Morgan fingerprint density at radius 3 is 2.96 bits per heavy atom. The van der Waals surface area contributed by atoms with E-state index in [9.17, 15) is 14.0 Å². The number of halogens is 1. The van der Waals surface area contributed by atoms with E-state index in [0.717, 1.165) is 0 Å². The molecule has 24 heavy (non-hydrogen) atoms. The zero-order chi connectivity index (χ0) is 17.3. The van der Waals surface area contributed by atoms with E-state index in [1.165, 1.54) is 12.3 Å². The van der Waals surface area contributed by atoms with Crippen LogP contribution < -0.4 is 10.1 Å². The predicted molar refractivity (Wildman–Crippen MR) is 81.5 cm³/mol. The van der Waals surface area contributed by atoms with Crippen LogP contribution in [0.25, 0.3) is 0 Å². The molecule has 1 aliphatic rings. The fraction of sp³-hybridized carbons (Fsp3) is 0.294. The molecule has 6 nitrogen and oxygen atoms in total. The number of aliphatic carboxylic acids is 1. The van der Waals surface area contributed by atoms with Crippen molar-refractivity contribution in [1.29, 1.82) is 0 Å². The number of furan rings is 1. The first-order valence-corrected chi connectivity index (χ1v) is 7.48. The number of hydrogen-bond acceptors (Lipinski definition) is 4. The van der Waals surface area contributed by atoms with Gasteiger partial charge in [-0.15, -0.1) is 0 Å². The van der Waals surface area contributed by atoms with Crippen LogP contribution in [0.2, 0.25) is 0 Å². The summed E-state index contributed by atoms with van der Waals surface area (Å²) < 4.78 is 24.3. The van der Waals surface area contributed by atoms with Gasteiger partial charge in [0.2, 0.25) is 0 Å². The van der Waals surface area contributed by atoms with Crippen molar-refractivity contribution >= 4 is 11.9 Å². The van der Waals surface area contributed by atoms with Gasteiger partial charge in [-0.2, -0.15) is 0 Å². The Balaban J connectivity index is 1.86. The normalized spacial score (nSPS) is 16.2. The largest absolute Gasteiger partial charge is 0.490 e. The molecule has 0 fully saturated rings. The summed E-state index contributed by atoms with van der Waals surface area (Å²) in [5.74, 6) is -1.76. The Morgan fingerprint density at radius 1 is 1.42 bits per heavy atom. The second kappa shape index (κ2) is 6.35. The molecule has 1 aromatic heterocycles. The number of nitrogens with one attached hydrogen (secondary N) is 1. The van der Waals surface area contributed by atoms with E-state index in [1.807, 2.05) is 0 Å². The van der Waals surface area contributed by atoms with Crippen LogP contribution in [-0.4, -0.2) is 23.6 Å². The number of carboxylic acids is 1. The Bertz CT molecular complexity index is 798. The summed E-state index contributed by atoms with van der Waals surface area (Å²) in [7, 11) is 0. The Morgan fingerprint density at radius 2 is 2.21 bits per heavy atom. The van der Waals surface area contributed by atoms with Crippen molar-refractivity contribution in [3.8, 4) is 5.75 Å². The summed E-state index contributed by atoms with van der Waals surface area (Å²) in [6, 6.07) is 4.14. The molecular formula is C17H16FNO5. The van der Waals surface area contributed by atoms with Crippen LogP contribution >= 0.6 is 0 Å². The van der Waals surface area contributed by atoms with Crippen LogP contribution in [0.1, 0.15) is 39.7 Å². The van der Waals surface area contributed by atoms with E-state index >= 15 is 0 Å². The standard InChI is InChI=1S/C17H16FNO5/c1-9-8-24-13(7-14(20)21)15(9)17(22)19-12-5-6-23-16-10(12)3-2-4-11(16)18/h2-4,8,12H,5-7H2,1H3,(H,19,22)(H,20,21)/t12-/m1/s1. The highest BCUT2D eigenvalue weighted by atomic mass is 19.1. The second-order valence-electron chi connectivity index (χ2n) is 5.61. The third kappa shape index (κ3) is 2.97. The highest BCUT2D eigenvalue weighted by Crippen LogP contribution is 2.34. The fourth-order valence-corrected chi connectivity index (χ4v) is 2.84. The number of amides is 1. The molecule has 0 saturated carbocycles. The number of rotatable bonds is 4. The Hall–Kier alpha value is -2.83.